The number of hydrogen-bond acceptors (Lipinski definition) is 4. The molecule has 0 saturated heterocycles. The van der Waals surface area contributed by atoms with Crippen LogP contribution in [0.3, 0.4) is 0 Å². The molecule has 0 unspecified atom stereocenters. The fourth-order valence-electron chi connectivity index (χ4n) is 1.77. The smallest absolute Gasteiger partial charge is 0.343 e. The summed E-state index contributed by atoms with van der Waals surface area (Å²) in [7, 11) is 1.45. The number of aldehydes is 1. The number of carbonyl (C=O) groups excluding carboxylic acids is 2. The van der Waals surface area contributed by atoms with Crippen LogP contribution in [0.15, 0.2) is 42.5 Å². The molecule has 2 aromatic carbocycles. The van der Waals surface area contributed by atoms with Gasteiger partial charge < -0.3 is 9.47 Å². The van der Waals surface area contributed by atoms with Gasteiger partial charge in [-0.3, -0.25) is 4.79 Å². The molecule has 2 rings (SSSR count). The normalized spacial score (nSPS) is 9.90. The van der Waals surface area contributed by atoms with Gasteiger partial charge in [0, 0.05) is 5.56 Å². The number of rotatable bonds is 4. The Kier molecular flexibility index (Phi) is 4.15. The predicted molar refractivity (Wildman–Crippen MR) is 74.5 cm³/mol. The first-order valence-corrected chi connectivity index (χ1v) is 6.06. The van der Waals surface area contributed by atoms with E-state index in [0.717, 1.165) is 5.56 Å². The molecule has 0 saturated carbocycles. The Morgan fingerprint density at radius 2 is 1.90 bits per heavy atom. The lowest BCUT2D eigenvalue weighted by molar-refractivity contribution is 0.0729. The van der Waals surface area contributed by atoms with Crippen molar-refractivity contribution in [2.24, 2.45) is 0 Å². The fourth-order valence-corrected chi connectivity index (χ4v) is 1.77. The third-order valence-electron chi connectivity index (χ3n) is 2.78. The Bertz CT molecular complexity index is 647. The minimum atomic E-state index is -0.467. The molecule has 0 fully saturated rings. The lowest BCUT2D eigenvalue weighted by Crippen LogP contribution is -2.09. The van der Waals surface area contributed by atoms with E-state index in [4.69, 9.17) is 9.47 Å². The molecule has 0 N–H and O–H groups in total. The third-order valence-corrected chi connectivity index (χ3v) is 2.78. The van der Waals surface area contributed by atoms with Crippen molar-refractivity contribution < 1.29 is 19.1 Å². The van der Waals surface area contributed by atoms with Gasteiger partial charge in [0.1, 0.15) is 6.29 Å². The summed E-state index contributed by atoms with van der Waals surface area (Å²) in [6.07, 6.45) is 0.703. The van der Waals surface area contributed by atoms with Crippen molar-refractivity contribution in [3.8, 4) is 11.5 Å². The van der Waals surface area contributed by atoms with E-state index in [-0.39, 0.29) is 5.75 Å². The highest BCUT2D eigenvalue weighted by molar-refractivity contribution is 5.91. The first-order chi connectivity index (χ1) is 9.63. The van der Waals surface area contributed by atoms with Crippen molar-refractivity contribution in [1.29, 1.82) is 0 Å². The van der Waals surface area contributed by atoms with Crippen molar-refractivity contribution in [2.75, 3.05) is 7.11 Å². The van der Waals surface area contributed by atoms with Crippen molar-refractivity contribution in [2.45, 2.75) is 6.92 Å². The van der Waals surface area contributed by atoms with Gasteiger partial charge in [0.25, 0.3) is 0 Å². The number of hydrogen-bond donors (Lipinski definition) is 0. The molecule has 0 aromatic heterocycles. The van der Waals surface area contributed by atoms with Crippen LogP contribution in [0.4, 0.5) is 0 Å². The van der Waals surface area contributed by atoms with E-state index in [0.29, 0.717) is 23.2 Å². The molecule has 0 amide bonds. The highest BCUT2D eigenvalue weighted by atomic mass is 16.6. The first-order valence-electron chi connectivity index (χ1n) is 6.06. The van der Waals surface area contributed by atoms with Gasteiger partial charge in [-0.1, -0.05) is 17.7 Å². The van der Waals surface area contributed by atoms with Gasteiger partial charge in [-0.2, -0.15) is 0 Å². The maximum atomic E-state index is 12.0. The summed E-state index contributed by atoms with van der Waals surface area (Å²) in [5, 5.41) is 0. The summed E-state index contributed by atoms with van der Waals surface area (Å²) in [4.78, 5) is 22.7. The van der Waals surface area contributed by atoms with Crippen LogP contribution in [-0.2, 0) is 0 Å². The fraction of sp³-hybridized carbons (Fsp3) is 0.125. The summed E-state index contributed by atoms with van der Waals surface area (Å²) in [5.74, 6) is 0.158. The Balaban J connectivity index is 2.25. The molecule has 0 aliphatic heterocycles. The van der Waals surface area contributed by atoms with Crippen LogP contribution < -0.4 is 9.47 Å². The van der Waals surface area contributed by atoms with Crippen molar-refractivity contribution in [1.82, 2.24) is 0 Å². The molecule has 0 bridgehead atoms. The molecule has 102 valence electrons. The topological polar surface area (TPSA) is 52.6 Å². The van der Waals surface area contributed by atoms with Gasteiger partial charge in [-0.05, 0) is 37.3 Å². The zero-order chi connectivity index (χ0) is 14.5. The summed E-state index contributed by atoms with van der Waals surface area (Å²) in [5.41, 5.74) is 1.89. The van der Waals surface area contributed by atoms with Crippen LogP contribution in [0.1, 0.15) is 26.3 Å². The molecule has 2 aromatic rings. The van der Waals surface area contributed by atoms with E-state index in [1.165, 1.54) is 19.2 Å². The second-order valence-corrected chi connectivity index (χ2v) is 4.29. The maximum Gasteiger partial charge on any atom is 0.343 e. The average Bonchev–Trinajstić information content (AvgIpc) is 2.47. The molecule has 0 aliphatic rings. The van der Waals surface area contributed by atoms with Gasteiger partial charge in [-0.15, -0.1) is 0 Å². The minimum absolute atomic E-state index is 0.282. The van der Waals surface area contributed by atoms with Crippen molar-refractivity contribution in [3.05, 3.63) is 59.2 Å². The Labute approximate surface area is 116 Å². The molecular formula is C16H14O4. The van der Waals surface area contributed by atoms with E-state index in [1.54, 1.807) is 24.3 Å². The zero-order valence-corrected chi connectivity index (χ0v) is 11.3. The van der Waals surface area contributed by atoms with Crippen LogP contribution in [0.25, 0.3) is 0 Å². The number of ether oxygens (including phenoxy) is 2. The summed E-state index contributed by atoms with van der Waals surface area (Å²) in [6.45, 7) is 1.90. The van der Waals surface area contributed by atoms with Gasteiger partial charge in [0.05, 0.1) is 12.7 Å². The lowest BCUT2D eigenvalue weighted by atomic mass is 10.1. The summed E-state index contributed by atoms with van der Waals surface area (Å²) >= 11 is 0. The van der Waals surface area contributed by atoms with Gasteiger partial charge in [0.2, 0.25) is 0 Å². The number of benzene rings is 2. The second-order valence-electron chi connectivity index (χ2n) is 4.29. The highest BCUT2D eigenvalue weighted by Gasteiger charge is 2.12. The van der Waals surface area contributed by atoms with Gasteiger partial charge in [0.15, 0.2) is 11.5 Å². The van der Waals surface area contributed by atoms with E-state index < -0.39 is 5.97 Å². The summed E-state index contributed by atoms with van der Waals surface area (Å²) in [6, 6.07) is 11.7. The Morgan fingerprint density at radius 3 is 2.55 bits per heavy atom. The maximum absolute atomic E-state index is 12.0. The number of esters is 1. The standard InChI is InChI=1S/C16H14O4/c1-11-4-3-5-13(8-11)16(18)20-14-7-6-12(10-17)9-15(14)19-2/h3-10H,1-2H3. The Morgan fingerprint density at radius 1 is 1.10 bits per heavy atom. The highest BCUT2D eigenvalue weighted by Crippen LogP contribution is 2.28. The predicted octanol–water partition coefficient (Wildman–Crippen LogP) is 3.04. The largest absolute Gasteiger partial charge is 0.493 e. The van der Waals surface area contributed by atoms with Gasteiger partial charge in [-0.25, -0.2) is 4.79 Å². The Hall–Kier alpha value is -2.62. The molecule has 0 heterocycles. The first kappa shape index (κ1) is 13.8. The third kappa shape index (κ3) is 3.03. The number of aryl methyl sites for hydroxylation is 1. The van der Waals surface area contributed by atoms with Crippen LogP contribution in [0, 0.1) is 6.92 Å². The molecule has 4 nitrogen and oxygen atoms in total. The zero-order valence-electron chi connectivity index (χ0n) is 11.3. The molecule has 0 atom stereocenters. The second kappa shape index (κ2) is 6.02. The van der Waals surface area contributed by atoms with Crippen molar-refractivity contribution >= 4 is 12.3 Å². The molecular weight excluding hydrogens is 256 g/mol. The molecule has 20 heavy (non-hydrogen) atoms. The minimum Gasteiger partial charge on any atom is -0.493 e. The van der Waals surface area contributed by atoms with Crippen LogP contribution in [0.2, 0.25) is 0 Å². The quantitative estimate of drug-likeness (QED) is 0.487. The average molecular weight is 270 g/mol. The number of carbonyl (C=O) groups is 2. The van der Waals surface area contributed by atoms with E-state index >= 15 is 0 Å². The molecule has 0 spiro atoms. The van der Waals surface area contributed by atoms with Gasteiger partial charge >= 0.3 is 5.97 Å². The van der Waals surface area contributed by atoms with E-state index in [1.807, 2.05) is 13.0 Å². The van der Waals surface area contributed by atoms with Crippen LogP contribution in [0.5, 0.6) is 11.5 Å². The number of methoxy groups -OCH3 is 1. The van der Waals surface area contributed by atoms with Crippen LogP contribution in [-0.4, -0.2) is 19.4 Å². The van der Waals surface area contributed by atoms with Crippen LogP contribution >= 0.6 is 0 Å². The lowest BCUT2D eigenvalue weighted by Gasteiger charge is -2.09. The SMILES string of the molecule is COc1cc(C=O)ccc1OC(=O)c1cccc(C)c1. The summed E-state index contributed by atoms with van der Waals surface area (Å²) < 4.78 is 10.4. The molecule has 0 aliphatic carbocycles. The molecule has 4 heteroatoms. The van der Waals surface area contributed by atoms with E-state index in [2.05, 4.69) is 0 Å². The monoisotopic (exact) mass is 270 g/mol. The van der Waals surface area contributed by atoms with Crippen molar-refractivity contribution in [3.63, 3.8) is 0 Å². The van der Waals surface area contributed by atoms with E-state index in [9.17, 15) is 9.59 Å². The molecule has 0 radical (unpaired) electrons.